The molecule has 1 atom stereocenters. The van der Waals surface area contributed by atoms with Crippen molar-refractivity contribution in [1.29, 1.82) is 0 Å². The van der Waals surface area contributed by atoms with E-state index in [9.17, 15) is 4.79 Å². The largest absolute Gasteiger partial charge is 0.490 e. The number of nitrogens with two attached hydrogens (primary N) is 1. The van der Waals surface area contributed by atoms with Gasteiger partial charge in [-0.3, -0.25) is 0 Å². The maximum absolute atomic E-state index is 10.5. The molecule has 0 radical (unpaired) electrons. The number of hydrogen-bond acceptors (Lipinski definition) is 4. The number of hydrogen-bond donors (Lipinski definition) is 2. The van der Waals surface area contributed by atoms with E-state index in [2.05, 4.69) is 0 Å². The predicted octanol–water partition coefficient (Wildman–Crippen LogP) is 0.975. The summed E-state index contributed by atoms with van der Waals surface area (Å²) in [5.74, 6) is 0.0633. The van der Waals surface area contributed by atoms with E-state index < -0.39 is 5.97 Å². The van der Waals surface area contributed by atoms with E-state index in [1.54, 1.807) is 0 Å². The van der Waals surface area contributed by atoms with Gasteiger partial charge >= 0.3 is 5.97 Å². The highest BCUT2D eigenvalue weighted by atomic mass is 16.5. The maximum atomic E-state index is 10.5. The first-order chi connectivity index (χ1) is 8.60. The molecule has 5 heteroatoms. The summed E-state index contributed by atoms with van der Waals surface area (Å²) in [5.41, 5.74) is 8.18. The zero-order chi connectivity index (χ0) is 13.1. The SMILES string of the molecule is CCOc1cc2c(cc1OCC(=O)O)CC(N)C2. The smallest absolute Gasteiger partial charge is 0.341 e. The van der Waals surface area contributed by atoms with Crippen molar-refractivity contribution in [3.63, 3.8) is 0 Å². The molecule has 1 aliphatic carbocycles. The van der Waals surface area contributed by atoms with Gasteiger partial charge in [-0.05, 0) is 43.0 Å². The number of fused-ring (bicyclic) bond motifs is 1. The van der Waals surface area contributed by atoms with Crippen LogP contribution in [-0.2, 0) is 17.6 Å². The Morgan fingerprint density at radius 3 is 2.39 bits per heavy atom. The molecule has 0 fully saturated rings. The van der Waals surface area contributed by atoms with Crippen LogP contribution in [0.15, 0.2) is 12.1 Å². The molecule has 3 N–H and O–H groups in total. The Labute approximate surface area is 106 Å². The van der Waals surface area contributed by atoms with Gasteiger partial charge in [-0.1, -0.05) is 0 Å². The lowest BCUT2D eigenvalue weighted by Gasteiger charge is -2.12. The molecule has 5 nitrogen and oxygen atoms in total. The Morgan fingerprint density at radius 1 is 1.33 bits per heavy atom. The van der Waals surface area contributed by atoms with Crippen LogP contribution in [0.5, 0.6) is 11.5 Å². The van der Waals surface area contributed by atoms with Crippen LogP contribution < -0.4 is 15.2 Å². The number of carbonyl (C=O) groups is 1. The fourth-order valence-electron chi connectivity index (χ4n) is 2.18. The van der Waals surface area contributed by atoms with Gasteiger partial charge in [-0.25, -0.2) is 4.79 Å². The van der Waals surface area contributed by atoms with Gasteiger partial charge in [-0.2, -0.15) is 0 Å². The van der Waals surface area contributed by atoms with Crippen LogP contribution >= 0.6 is 0 Å². The van der Waals surface area contributed by atoms with Gasteiger partial charge in [0.15, 0.2) is 18.1 Å². The van der Waals surface area contributed by atoms with E-state index in [0.29, 0.717) is 18.1 Å². The van der Waals surface area contributed by atoms with Crippen LogP contribution in [0.25, 0.3) is 0 Å². The molecule has 18 heavy (non-hydrogen) atoms. The third kappa shape index (κ3) is 2.73. The topological polar surface area (TPSA) is 81.8 Å². The van der Waals surface area contributed by atoms with Crippen molar-refractivity contribution in [2.24, 2.45) is 5.73 Å². The second-order valence-electron chi connectivity index (χ2n) is 4.35. The van der Waals surface area contributed by atoms with E-state index in [1.165, 1.54) is 0 Å². The predicted molar refractivity (Wildman–Crippen MR) is 66.1 cm³/mol. The lowest BCUT2D eigenvalue weighted by molar-refractivity contribution is -0.139. The molecule has 1 aromatic carbocycles. The van der Waals surface area contributed by atoms with Crippen molar-refractivity contribution < 1.29 is 19.4 Å². The highest BCUT2D eigenvalue weighted by molar-refractivity contribution is 5.68. The van der Waals surface area contributed by atoms with Crippen LogP contribution in [0, 0.1) is 0 Å². The first-order valence-corrected chi connectivity index (χ1v) is 5.99. The standard InChI is InChI=1S/C13H17NO4/c1-2-17-11-5-8-3-10(14)4-9(8)6-12(11)18-7-13(15)16/h5-6,10H,2-4,7,14H2,1H3,(H,15,16). The van der Waals surface area contributed by atoms with Gasteiger partial charge in [-0.15, -0.1) is 0 Å². The van der Waals surface area contributed by atoms with Crippen molar-refractivity contribution in [3.8, 4) is 11.5 Å². The van der Waals surface area contributed by atoms with E-state index in [1.807, 2.05) is 19.1 Å². The number of ether oxygens (including phenoxy) is 2. The highest BCUT2D eigenvalue weighted by Crippen LogP contribution is 2.34. The lowest BCUT2D eigenvalue weighted by atomic mass is 10.1. The minimum Gasteiger partial charge on any atom is -0.490 e. The normalized spacial score (nSPS) is 17.3. The summed E-state index contributed by atoms with van der Waals surface area (Å²) in [6.07, 6.45) is 1.62. The van der Waals surface area contributed by atoms with E-state index in [4.69, 9.17) is 20.3 Å². The molecule has 1 aromatic rings. The number of benzene rings is 1. The van der Waals surface area contributed by atoms with Crippen LogP contribution in [0.1, 0.15) is 18.1 Å². The van der Waals surface area contributed by atoms with Crippen molar-refractivity contribution in [3.05, 3.63) is 23.3 Å². The lowest BCUT2D eigenvalue weighted by Crippen LogP contribution is -2.18. The third-order valence-corrected chi connectivity index (χ3v) is 2.88. The number of aliphatic carboxylic acids is 1. The van der Waals surface area contributed by atoms with Crippen molar-refractivity contribution in [2.75, 3.05) is 13.2 Å². The van der Waals surface area contributed by atoms with Crippen molar-refractivity contribution in [1.82, 2.24) is 0 Å². The summed E-state index contributed by atoms with van der Waals surface area (Å²) in [6.45, 7) is 2.01. The molecule has 0 bridgehead atoms. The van der Waals surface area contributed by atoms with Crippen LogP contribution in [0.4, 0.5) is 0 Å². The average molecular weight is 251 g/mol. The fourth-order valence-corrected chi connectivity index (χ4v) is 2.18. The number of carboxylic acids is 1. The van der Waals surface area contributed by atoms with Crippen LogP contribution in [0.3, 0.4) is 0 Å². The summed E-state index contributed by atoms with van der Waals surface area (Å²) in [6, 6.07) is 3.88. The molecule has 2 rings (SSSR count). The summed E-state index contributed by atoms with van der Waals surface area (Å²) >= 11 is 0. The van der Waals surface area contributed by atoms with E-state index in [-0.39, 0.29) is 12.6 Å². The second-order valence-corrected chi connectivity index (χ2v) is 4.35. The molecular formula is C13H17NO4. The van der Waals surface area contributed by atoms with Crippen LogP contribution in [-0.4, -0.2) is 30.3 Å². The zero-order valence-electron chi connectivity index (χ0n) is 10.3. The third-order valence-electron chi connectivity index (χ3n) is 2.88. The second kappa shape index (κ2) is 5.27. The van der Waals surface area contributed by atoms with Gasteiger partial charge in [0.05, 0.1) is 6.61 Å². The maximum Gasteiger partial charge on any atom is 0.341 e. The van der Waals surface area contributed by atoms with E-state index in [0.717, 1.165) is 24.0 Å². The van der Waals surface area contributed by atoms with Gasteiger partial charge in [0.1, 0.15) is 0 Å². The van der Waals surface area contributed by atoms with Gasteiger partial charge < -0.3 is 20.3 Å². The Bertz CT molecular complexity index is 459. The first-order valence-electron chi connectivity index (χ1n) is 5.99. The summed E-state index contributed by atoms with van der Waals surface area (Å²) < 4.78 is 10.7. The Balaban J connectivity index is 2.26. The number of rotatable bonds is 5. The van der Waals surface area contributed by atoms with Crippen LogP contribution in [0.2, 0.25) is 0 Å². The molecule has 0 saturated heterocycles. The van der Waals surface area contributed by atoms with Gasteiger partial charge in [0.25, 0.3) is 0 Å². The fraction of sp³-hybridized carbons (Fsp3) is 0.462. The number of carboxylic acid groups (broad SMARTS) is 1. The summed E-state index contributed by atoms with van der Waals surface area (Å²) in [5, 5.41) is 8.65. The molecule has 0 aliphatic heterocycles. The van der Waals surface area contributed by atoms with E-state index >= 15 is 0 Å². The minimum atomic E-state index is -1.00. The van der Waals surface area contributed by atoms with Gasteiger partial charge in [0.2, 0.25) is 0 Å². The molecule has 0 spiro atoms. The molecule has 98 valence electrons. The van der Waals surface area contributed by atoms with Crippen molar-refractivity contribution >= 4 is 5.97 Å². The monoisotopic (exact) mass is 251 g/mol. The molecule has 0 aromatic heterocycles. The van der Waals surface area contributed by atoms with Crippen molar-refractivity contribution in [2.45, 2.75) is 25.8 Å². The Kier molecular flexibility index (Phi) is 3.72. The first kappa shape index (κ1) is 12.7. The molecule has 0 heterocycles. The quantitative estimate of drug-likeness (QED) is 0.815. The summed E-state index contributed by atoms with van der Waals surface area (Å²) in [4.78, 5) is 10.5. The average Bonchev–Trinajstić information content (AvgIpc) is 2.65. The molecule has 0 amide bonds. The van der Waals surface area contributed by atoms with Gasteiger partial charge in [0, 0.05) is 6.04 Å². The summed E-state index contributed by atoms with van der Waals surface area (Å²) in [7, 11) is 0. The zero-order valence-corrected chi connectivity index (χ0v) is 10.3. The minimum absolute atomic E-state index is 0.129. The Morgan fingerprint density at radius 2 is 1.89 bits per heavy atom. The molecule has 0 saturated carbocycles. The highest BCUT2D eigenvalue weighted by Gasteiger charge is 2.21. The Hall–Kier alpha value is -1.75. The molecular weight excluding hydrogens is 234 g/mol. The molecule has 1 aliphatic rings. The molecule has 1 unspecified atom stereocenters.